The first-order chi connectivity index (χ1) is 11.5. The highest BCUT2D eigenvalue weighted by Crippen LogP contribution is 2.39. The summed E-state index contributed by atoms with van der Waals surface area (Å²) in [6, 6.07) is 11.1. The molecule has 128 valence electrons. The molecule has 0 saturated carbocycles. The van der Waals surface area contributed by atoms with E-state index in [2.05, 4.69) is 0 Å². The fraction of sp³-hybridized carbons (Fsp3) is 0.316. The standard InChI is InChI=1S/C19H22O5/c1-12-5-7-14(8-6-12)15(19(20)21)9-13-10-16(22-2)18(24-4)17(11-13)23-3/h5-8,10-11,15H,9H2,1-4H3,(H,20,21). The largest absolute Gasteiger partial charge is 0.493 e. The Morgan fingerprint density at radius 1 is 1.00 bits per heavy atom. The maximum atomic E-state index is 11.7. The lowest BCUT2D eigenvalue weighted by Crippen LogP contribution is -2.14. The molecule has 0 radical (unpaired) electrons. The molecule has 1 unspecified atom stereocenters. The second-order valence-electron chi connectivity index (χ2n) is 5.54. The highest BCUT2D eigenvalue weighted by atomic mass is 16.5. The number of rotatable bonds is 7. The van der Waals surface area contributed by atoms with Gasteiger partial charge < -0.3 is 19.3 Å². The third kappa shape index (κ3) is 3.79. The van der Waals surface area contributed by atoms with Crippen LogP contribution in [0.4, 0.5) is 0 Å². The molecule has 24 heavy (non-hydrogen) atoms. The van der Waals surface area contributed by atoms with E-state index < -0.39 is 11.9 Å². The summed E-state index contributed by atoms with van der Waals surface area (Å²) in [5.74, 6) is 0.00626. The molecule has 0 aliphatic rings. The minimum absolute atomic E-state index is 0.328. The van der Waals surface area contributed by atoms with Crippen LogP contribution in [0.1, 0.15) is 22.6 Å². The maximum Gasteiger partial charge on any atom is 0.311 e. The summed E-state index contributed by atoms with van der Waals surface area (Å²) in [4.78, 5) is 11.7. The van der Waals surface area contributed by atoms with Gasteiger partial charge in [-0.25, -0.2) is 0 Å². The molecule has 0 aliphatic carbocycles. The summed E-state index contributed by atoms with van der Waals surface area (Å²) in [7, 11) is 4.61. The van der Waals surface area contributed by atoms with Crippen LogP contribution in [0.3, 0.4) is 0 Å². The molecule has 0 aromatic heterocycles. The van der Waals surface area contributed by atoms with Gasteiger partial charge in [0.05, 0.1) is 27.2 Å². The van der Waals surface area contributed by atoms with Crippen molar-refractivity contribution in [3.8, 4) is 17.2 Å². The molecular weight excluding hydrogens is 308 g/mol. The Bertz CT molecular complexity index is 681. The molecule has 5 heteroatoms. The van der Waals surface area contributed by atoms with Crippen molar-refractivity contribution in [3.05, 3.63) is 53.1 Å². The first kappa shape index (κ1) is 17.7. The van der Waals surface area contributed by atoms with Crippen LogP contribution >= 0.6 is 0 Å². The van der Waals surface area contributed by atoms with Gasteiger partial charge in [0.25, 0.3) is 0 Å². The van der Waals surface area contributed by atoms with Crippen LogP contribution in [-0.4, -0.2) is 32.4 Å². The van der Waals surface area contributed by atoms with E-state index in [1.165, 1.54) is 21.3 Å². The minimum Gasteiger partial charge on any atom is -0.493 e. The highest BCUT2D eigenvalue weighted by molar-refractivity contribution is 5.76. The zero-order valence-corrected chi connectivity index (χ0v) is 14.3. The van der Waals surface area contributed by atoms with Gasteiger partial charge in [0.1, 0.15) is 0 Å². The van der Waals surface area contributed by atoms with Crippen molar-refractivity contribution >= 4 is 5.97 Å². The number of carbonyl (C=O) groups is 1. The Labute approximate surface area is 141 Å². The molecule has 0 heterocycles. The molecular formula is C19H22O5. The third-order valence-corrected chi connectivity index (χ3v) is 3.94. The number of ether oxygens (including phenoxy) is 3. The summed E-state index contributed by atoms with van der Waals surface area (Å²) in [5, 5.41) is 9.62. The first-order valence-corrected chi connectivity index (χ1v) is 7.58. The van der Waals surface area contributed by atoms with Gasteiger partial charge in [-0.15, -0.1) is 0 Å². The second-order valence-corrected chi connectivity index (χ2v) is 5.54. The summed E-state index contributed by atoms with van der Waals surface area (Å²) in [6.45, 7) is 1.97. The van der Waals surface area contributed by atoms with Gasteiger partial charge in [-0.3, -0.25) is 4.79 Å². The van der Waals surface area contributed by atoms with Crippen molar-refractivity contribution < 1.29 is 24.1 Å². The summed E-state index contributed by atoms with van der Waals surface area (Å²) < 4.78 is 16.0. The van der Waals surface area contributed by atoms with E-state index in [-0.39, 0.29) is 0 Å². The average molecular weight is 330 g/mol. The fourth-order valence-corrected chi connectivity index (χ4v) is 2.64. The number of carboxylic acid groups (broad SMARTS) is 1. The molecule has 5 nitrogen and oxygen atoms in total. The molecule has 0 amide bonds. The Balaban J connectivity index is 2.39. The van der Waals surface area contributed by atoms with Crippen molar-refractivity contribution in [2.45, 2.75) is 19.3 Å². The van der Waals surface area contributed by atoms with Gasteiger partial charge in [0.15, 0.2) is 11.5 Å². The first-order valence-electron chi connectivity index (χ1n) is 7.58. The zero-order chi connectivity index (χ0) is 17.7. The topological polar surface area (TPSA) is 65.0 Å². The summed E-state index contributed by atoms with van der Waals surface area (Å²) in [6.07, 6.45) is 0.328. The molecule has 1 N–H and O–H groups in total. The van der Waals surface area contributed by atoms with Gasteiger partial charge in [0, 0.05) is 0 Å². The number of carboxylic acids is 1. The van der Waals surface area contributed by atoms with Crippen LogP contribution in [0.2, 0.25) is 0 Å². The van der Waals surface area contributed by atoms with Gasteiger partial charge in [-0.1, -0.05) is 29.8 Å². The maximum absolute atomic E-state index is 11.7. The molecule has 0 fully saturated rings. The van der Waals surface area contributed by atoms with Crippen molar-refractivity contribution in [2.75, 3.05) is 21.3 Å². The summed E-state index contributed by atoms with van der Waals surface area (Å²) >= 11 is 0. The molecule has 2 rings (SSSR count). The van der Waals surface area contributed by atoms with Gasteiger partial charge in [-0.05, 0) is 36.6 Å². The molecule has 0 bridgehead atoms. The number of aryl methyl sites for hydroxylation is 1. The van der Waals surface area contributed by atoms with E-state index in [0.717, 1.165) is 16.7 Å². The van der Waals surface area contributed by atoms with E-state index in [1.54, 1.807) is 12.1 Å². The van der Waals surface area contributed by atoms with Crippen molar-refractivity contribution in [3.63, 3.8) is 0 Å². The predicted molar refractivity (Wildman–Crippen MR) is 91.4 cm³/mol. The van der Waals surface area contributed by atoms with E-state index in [9.17, 15) is 9.90 Å². The minimum atomic E-state index is -0.868. The lowest BCUT2D eigenvalue weighted by molar-refractivity contribution is -0.138. The van der Waals surface area contributed by atoms with Crippen molar-refractivity contribution in [1.29, 1.82) is 0 Å². The van der Waals surface area contributed by atoms with Crippen molar-refractivity contribution in [1.82, 2.24) is 0 Å². The van der Waals surface area contributed by atoms with E-state index in [4.69, 9.17) is 14.2 Å². The molecule has 0 spiro atoms. The van der Waals surface area contributed by atoms with Gasteiger partial charge >= 0.3 is 5.97 Å². The monoisotopic (exact) mass is 330 g/mol. The number of hydrogen-bond acceptors (Lipinski definition) is 4. The average Bonchev–Trinajstić information content (AvgIpc) is 2.59. The Morgan fingerprint density at radius 3 is 1.96 bits per heavy atom. The number of hydrogen-bond donors (Lipinski definition) is 1. The van der Waals surface area contributed by atoms with Crippen LogP contribution in [0.25, 0.3) is 0 Å². The van der Waals surface area contributed by atoms with Crippen LogP contribution < -0.4 is 14.2 Å². The predicted octanol–water partition coefficient (Wildman–Crippen LogP) is 3.43. The number of aliphatic carboxylic acids is 1. The normalized spacial score (nSPS) is 11.7. The lowest BCUT2D eigenvalue weighted by Gasteiger charge is -2.17. The zero-order valence-electron chi connectivity index (χ0n) is 14.3. The Morgan fingerprint density at radius 2 is 1.54 bits per heavy atom. The summed E-state index contributed by atoms with van der Waals surface area (Å²) in [5.41, 5.74) is 2.66. The SMILES string of the molecule is COc1cc(CC(C(=O)O)c2ccc(C)cc2)cc(OC)c1OC. The van der Waals surface area contributed by atoms with E-state index in [1.807, 2.05) is 31.2 Å². The Kier molecular flexibility index (Phi) is 5.68. The van der Waals surface area contributed by atoms with Crippen LogP contribution in [0, 0.1) is 6.92 Å². The fourth-order valence-electron chi connectivity index (χ4n) is 2.64. The van der Waals surface area contributed by atoms with Gasteiger partial charge in [0.2, 0.25) is 5.75 Å². The molecule has 0 saturated heterocycles. The van der Waals surface area contributed by atoms with Crippen LogP contribution in [-0.2, 0) is 11.2 Å². The second kappa shape index (κ2) is 7.73. The molecule has 2 aromatic carbocycles. The van der Waals surface area contributed by atoms with Crippen molar-refractivity contribution in [2.24, 2.45) is 0 Å². The highest BCUT2D eigenvalue weighted by Gasteiger charge is 2.22. The molecule has 0 aliphatic heterocycles. The number of methoxy groups -OCH3 is 3. The quantitative estimate of drug-likeness (QED) is 0.842. The Hall–Kier alpha value is -2.69. The van der Waals surface area contributed by atoms with Crippen LogP contribution in [0.5, 0.6) is 17.2 Å². The smallest absolute Gasteiger partial charge is 0.311 e. The van der Waals surface area contributed by atoms with Crippen LogP contribution in [0.15, 0.2) is 36.4 Å². The molecule has 2 aromatic rings. The molecule has 1 atom stereocenters. The number of benzene rings is 2. The van der Waals surface area contributed by atoms with Gasteiger partial charge in [-0.2, -0.15) is 0 Å². The van der Waals surface area contributed by atoms with E-state index >= 15 is 0 Å². The lowest BCUT2D eigenvalue weighted by atomic mass is 9.91. The third-order valence-electron chi connectivity index (χ3n) is 3.94. The van der Waals surface area contributed by atoms with E-state index in [0.29, 0.717) is 23.7 Å².